The molecule has 0 aliphatic heterocycles. The second kappa shape index (κ2) is 8.30. The van der Waals surface area contributed by atoms with Gasteiger partial charge in [0, 0.05) is 12.5 Å². The maximum atomic E-state index is 10.9. The van der Waals surface area contributed by atoms with Crippen molar-refractivity contribution in [3.8, 4) is 0 Å². The van der Waals surface area contributed by atoms with Crippen molar-refractivity contribution in [2.75, 3.05) is 6.61 Å². The first-order valence-corrected chi connectivity index (χ1v) is 9.20. The van der Waals surface area contributed by atoms with E-state index in [2.05, 4.69) is 24.3 Å². The molecular weight excluding hydrogens is 312 g/mol. The van der Waals surface area contributed by atoms with E-state index < -0.39 is 5.97 Å². The van der Waals surface area contributed by atoms with Crippen molar-refractivity contribution in [3.63, 3.8) is 0 Å². The third-order valence-electron chi connectivity index (χ3n) is 5.38. The van der Waals surface area contributed by atoms with Crippen LogP contribution in [0.2, 0.25) is 0 Å². The van der Waals surface area contributed by atoms with E-state index >= 15 is 0 Å². The van der Waals surface area contributed by atoms with E-state index in [9.17, 15) is 4.79 Å². The highest BCUT2D eigenvalue weighted by Gasteiger charge is 2.25. The van der Waals surface area contributed by atoms with Crippen LogP contribution in [-0.4, -0.2) is 22.8 Å². The van der Waals surface area contributed by atoms with Crippen molar-refractivity contribution < 1.29 is 15.0 Å². The van der Waals surface area contributed by atoms with Crippen LogP contribution in [0.3, 0.4) is 0 Å². The smallest absolute Gasteiger partial charge is 0.310 e. The molecule has 2 aromatic carbocycles. The minimum Gasteiger partial charge on any atom is -0.481 e. The molecule has 3 heteroatoms. The van der Waals surface area contributed by atoms with Gasteiger partial charge in [0.1, 0.15) is 0 Å². The predicted octanol–water partition coefficient (Wildman–Crippen LogP) is 4.29. The summed E-state index contributed by atoms with van der Waals surface area (Å²) in [6, 6.07) is 16.3. The average molecular weight is 338 g/mol. The van der Waals surface area contributed by atoms with Crippen molar-refractivity contribution in [3.05, 3.63) is 70.8 Å². The van der Waals surface area contributed by atoms with Crippen LogP contribution in [0.5, 0.6) is 0 Å². The lowest BCUT2D eigenvalue weighted by Crippen LogP contribution is -2.17. The summed E-state index contributed by atoms with van der Waals surface area (Å²) < 4.78 is 0. The molecule has 0 spiro atoms. The molecule has 4 rings (SSSR count). The van der Waals surface area contributed by atoms with Crippen LogP contribution in [0.25, 0.3) is 0 Å². The number of aliphatic carboxylic acids is 1. The molecule has 0 fully saturated rings. The summed E-state index contributed by atoms with van der Waals surface area (Å²) in [6.45, 7) is 0.303. The Balaban J connectivity index is 0.000000146. The summed E-state index contributed by atoms with van der Waals surface area (Å²) in [7, 11) is 0. The lowest BCUT2D eigenvalue weighted by atomic mass is 9.83. The zero-order chi connectivity index (χ0) is 17.6. The van der Waals surface area contributed by atoms with Crippen LogP contribution in [0.4, 0.5) is 0 Å². The van der Waals surface area contributed by atoms with Gasteiger partial charge in [-0.15, -0.1) is 0 Å². The number of carboxylic acids is 1. The lowest BCUT2D eigenvalue weighted by Gasteiger charge is -2.23. The fourth-order valence-corrected chi connectivity index (χ4v) is 4.05. The number of rotatable bonds is 2. The molecule has 2 aromatic rings. The molecule has 0 saturated carbocycles. The molecule has 2 N–H and O–H groups in total. The van der Waals surface area contributed by atoms with E-state index in [4.69, 9.17) is 10.2 Å². The molecule has 2 atom stereocenters. The van der Waals surface area contributed by atoms with Crippen molar-refractivity contribution in [2.45, 2.75) is 50.4 Å². The number of aliphatic hydroxyl groups is 1. The van der Waals surface area contributed by atoms with E-state index in [0.717, 1.165) is 31.2 Å². The van der Waals surface area contributed by atoms with Crippen LogP contribution in [0.15, 0.2) is 48.5 Å². The van der Waals surface area contributed by atoms with E-state index in [-0.39, 0.29) is 5.92 Å². The second-order valence-corrected chi connectivity index (χ2v) is 6.95. The van der Waals surface area contributed by atoms with Crippen LogP contribution < -0.4 is 0 Å². The Labute approximate surface area is 149 Å². The number of carboxylic acid groups (broad SMARTS) is 1. The number of carbonyl (C=O) groups is 1. The van der Waals surface area contributed by atoms with Gasteiger partial charge in [-0.2, -0.15) is 0 Å². The number of aliphatic hydroxyl groups excluding tert-OH is 1. The zero-order valence-electron chi connectivity index (χ0n) is 14.5. The van der Waals surface area contributed by atoms with Gasteiger partial charge < -0.3 is 10.2 Å². The van der Waals surface area contributed by atoms with Gasteiger partial charge in [0.25, 0.3) is 0 Å². The van der Waals surface area contributed by atoms with Crippen LogP contribution in [0.1, 0.15) is 59.8 Å². The molecule has 0 radical (unpaired) electrons. The van der Waals surface area contributed by atoms with E-state index in [1.54, 1.807) is 0 Å². The van der Waals surface area contributed by atoms with Gasteiger partial charge >= 0.3 is 5.97 Å². The van der Waals surface area contributed by atoms with Gasteiger partial charge in [-0.1, -0.05) is 48.5 Å². The van der Waals surface area contributed by atoms with Gasteiger partial charge in [-0.25, -0.2) is 0 Å². The maximum Gasteiger partial charge on any atom is 0.310 e. The van der Waals surface area contributed by atoms with Crippen molar-refractivity contribution in [1.82, 2.24) is 0 Å². The minimum atomic E-state index is -0.688. The summed E-state index contributed by atoms with van der Waals surface area (Å²) in [5, 5.41) is 18.1. The Kier molecular flexibility index (Phi) is 5.87. The van der Waals surface area contributed by atoms with Gasteiger partial charge in [0.05, 0.1) is 5.92 Å². The molecule has 0 saturated heterocycles. The summed E-state index contributed by atoms with van der Waals surface area (Å²) >= 11 is 0. The highest BCUT2D eigenvalue weighted by atomic mass is 16.4. The number of benzene rings is 2. The highest BCUT2D eigenvalue weighted by Crippen LogP contribution is 2.31. The van der Waals surface area contributed by atoms with Gasteiger partial charge in [0.15, 0.2) is 0 Å². The molecule has 2 aliphatic carbocycles. The molecule has 25 heavy (non-hydrogen) atoms. The molecular formula is C22H26O3. The summed E-state index contributed by atoms with van der Waals surface area (Å²) in [5.41, 5.74) is 5.02. The fraction of sp³-hybridized carbons (Fsp3) is 0.409. The van der Waals surface area contributed by atoms with Crippen LogP contribution in [-0.2, 0) is 17.6 Å². The summed E-state index contributed by atoms with van der Waals surface area (Å²) in [4.78, 5) is 10.9. The monoisotopic (exact) mass is 338 g/mol. The van der Waals surface area contributed by atoms with E-state index in [1.807, 2.05) is 24.3 Å². The van der Waals surface area contributed by atoms with E-state index in [0.29, 0.717) is 12.5 Å². The fourth-order valence-electron chi connectivity index (χ4n) is 4.05. The Hall–Kier alpha value is -2.13. The number of aryl methyl sites for hydroxylation is 2. The van der Waals surface area contributed by atoms with Crippen LogP contribution in [0, 0.1) is 0 Å². The second-order valence-electron chi connectivity index (χ2n) is 6.95. The Morgan fingerprint density at radius 1 is 0.880 bits per heavy atom. The van der Waals surface area contributed by atoms with Gasteiger partial charge in [0.2, 0.25) is 0 Å². The highest BCUT2D eigenvalue weighted by molar-refractivity contribution is 5.77. The van der Waals surface area contributed by atoms with Crippen molar-refractivity contribution in [2.24, 2.45) is 0 Å². The van der Waals surface area contributed by atoms with Gasteiger partial charge in [-0.3, -0.25) is 4.79 Å². The average Bonchev–Trinajstić information content (AvgIpc) is 2.67. The van der Waals surface area contributed by atoms with Crippen LogP contribution >= 0.6 is 0 Å². The molecule has 2 aliphatic rings. The molecule has 132 valence electrons. The number of hydrogen-bond acceptors (Lipinski definition) is 2. The minimum absolute atomic E-state index is 0.273. The number of fused-ring (bicyclic) bond motifs is 2. The Morgan fingerprint density at radius 3 is 2.08 bits per heavy atom. The zero-order valence-corrected chi connectivity index (χ0v) is 14.5. The predicted molar refractivity (Wildman–Crippen MR) is 99.0 cm³/mol. The summed E-state index contributed by atoms with van der Waals surface area (Å²) in [5.74, 6) is -0.563. The topological polar surface area (TPSA) is 57.5 Å². The first-order valence-electron chi connectivity index (χ1n) is 9.20. The molecule has 0 heterocycles. The largest absolute Gasteiger partial charge is 0.481 e. The standard InChI is InChI=1S/C11H12O2.C11H14O/c12-11(13)10-7-3-5-8-4-1-2-6-9(8)10;12-8-10-6-3-5-9-4-1-2-7-11(9)10/h1-2,4,6,10H,3,5,7H2,(H,12,13);1-2,4,7,10,12H,3,5-6,8H2. The Bertz CT molecular complexity index is 723. The molecule has 0 bridgehead atoms. The van der Waals surface area contributed by atoms with Crippen molar-refractivity contribution >= 4 is 5.97 Å². The first-order chi connectivity index (χ1) is 12.2. The third kappa shape index (κ3) is 4.10. The molecule has 3 nitrogen and oxygen atoms in total. The SMILES string of the molecule is O=C(O)C1CCCc2ccccc21.OCC1CCCc2ccccc21. The Morgan fingerprint density at radius 2 is 1.44 bits per heavy atom. The van der Waals surface area contributed by atoms with Gasteiger partial charge in [-0.05, 0) is 60.8 Å². The molecule has 0 amide bonds. The number of hydrogen-bond donors (Lipinski definition) is 2. The quantitative estimate of drug-likeness (QED) is 0.859. The first kappa shape index (κ1) is 17.7. The maximum absolute atomic E-state index is 10.9. The van der Waals surface area contributed by atoms with Crippen molar-refractivity contribution in [1.29, 1.82) is 0 Å². The third-order valence-corrected chi connectivity index (χ3v) is 5.38. The summed E-state index contributed by atoms with van der Waals surface area (Å²) in [6.07, 6.45) is 6.36. The normalized spacial score (nSPS) is 21.3. The molecule has 0 aromatic heterocycles. The lowest BCUT2D eigenvalue weighted by molar-refractivity contribution is -0.139. The molecule has 2 unspecified atom stereocenters. The van der Waals surface area contributed by atoms with E-state index in [1.165, 1.54) is 29.5 Å².